The highest BCUT2D eigenvalue weighted by atomic mass is 16.1. The molecule has 0 spiro atoms. The van der Waals surface area contributed by atoms with Crippen molar-refractivity contribution in [2.75, 3.05) is 32.7 Å². The normalized spacial score (nSPS) is 18.5. The van der Waals surface area contributed by atoms with Crippen LogP contribution in [0.2, 0.25) is 0 Å². The average molecular weight is 348 g/mol. The molecule has 1 aliphatic heterocycles. The highest BCUT2D eigenvalue weighted by Crippen LogP contribution is 2.30. The van der Waals surface area contributed by atoms with Crippen molar-refractivity contribution in [3.05, 3.63) is 23.4 Å². The molecule has 1 atom stereocenters. The van der Waals surface area contributed by atoms with E-state index in [1.54, 1.807) is 0 Å². The van der Waals surface area contributed by atoms with Gasteiger partial charge in [0.2, 0.25) is 5.91 Å². The van der Waals surface area contributed by atoms with E-state index in [9.17, 15) is 4.79 Å². The van der Waals surface area contributed by atoms with Crippen molar-refractivity contribution in [3.63, 3.8) is 0 Å². The van der Waals surface area contributed by atoms with E-state index in [1.165, 1.54) is 30.5 Å². The molecule has 0 aromatic rings. The molecule has 4 nitrogen and oxygen atoms in total. The molecule has 2 rings (SSSR count). The Balaban J connectivity index is 1.66. The van der Waals surface area contributed by atoms with Crippen LogP contribution in [0, 0.1) is 0 Å². The number of piperidine rings is 1. The molecule has 1 unspecified atom stereocenters. The lowest BCUT2D eigenvalue weighted by atomic mass is 9.94. The molecule has 142 valence electrons. The van der Waals surface area contributed by atoms with E-state index in [4.69, 9.17) is 0 Å². The van der Waals surface area contributed by atoms with Gasteiger partial charge < -0.3 is 15.1 Å². The van der Waals surface area contributed by atoms with Crippen LogP contribution in [0.1, 0.15) is 65.7 Å². The lowest BCUT2D eigenvalue weighted by Crippen LogP contribution is -2.37. The van der Waals surface area contributed by atoms with Crippen LogP contribution in [-0.2, 0) is 4.79 Å². The second-order valence-corrected chi connectivity index (χ2v) is 7.37. The van der Waals surface area contributed by atoms with Gasteiger partial charge in [-0.3, -0.25) is 4.79 Å². The maximum atomic E-state index is 12.3. The van der Waals surface area contributed by atoms with Crippen molar-refractivity contribution < 1.29 is 4.79 Å². The van der Waals surface area contributed by atoms with Gasteiger partial charge in [-0.25, -0.2) is 0 Å². The summed E-state index contributed by atoms with van der Waals surface area (Å²) in [4.78, 5) is 17.1. The van der Waals surface area contributed by atoms with Crippen LogP contribution in [0.4, 0.5) is 0 Å². The van der Waals surface area contributed by atoms with Crippen molar-refractivity contribution in [2.45, 2.75) is 71.8 Å². The molecular formula is C21H37N3O. The van der Waals surface area contributed by atoms with Crippen molar-refractivity contribution >= 4 is 5.91 Å². The molecule has 1 heterocycles. The van der Waals surface area contributed by atoms with Crippen LogP contribution in [0.15, 0.2) is 23.4 Å². The molecule has 0 bridgehead atoms. The minimum absolute atomic E-state index is 0.197. The summed E-state index contributed by atoms with van der Waals surface area (Å²) in [7, 11) is 0. The van der Waals surface area contributed by atoms with E-state index in [0.717, 1.165) is 52.0 Å². The Morgan fingerprint density at radius 3 is 2.80 bits per heavy atom. The van der Waals surface area contributed by atoms with Gasteiger partial charge in [-0.05, 0) is 70.7 Å². The number of amides is 1. The first-order chi connectivity index (χ1) is 12.1. The third kappa shape index (κ3) is 6.50. The number of hydrogen-bond acceptors (Lipinski definition) is 3. The first-order valence-electron chi connectivity index (χ1n) is 10.3. The molecule has 1 N–H and O–H groups in total. The lowest BCUT2D eigenvalue weighted by molar-refractivity contribution is -0.122. The predicted molar refractivity (Wildman–Crippen MR) is 105 cm³/mol. The Bertz CT molecular complexity index is 480. The number of likely N-dealkylation sites (tertiary alicyclic amines) is 1. The van der Waals surface area contributed by atoms with Crippen molar-refractivity contribution in [3.8, 4) is 0 Å². The summed E-state index contributed by atoms with van der Waals surface area (Å²) in [5.41, 5.74) is 2.90. The third-order valence-electron chi connectivity index (χ3n) is 5.46. The summed E-state index contributed by atoms with van der Waals surface area (Å²) < 4.78 is 0. The SMILES string of the molecule is CCN(CC)CCCC(C)NC(=O)CCN1CCCC2=CCCC=C21. The number of allylic oxidation sites excluding steroid dienone is 3. The second kappa shape index (κ2) is 10.6. The van der Waals surface area contributed by atoms with Gasteiger partial charge in [0.05, 0.1) is 0 Å². The lowest BCUT2D eigenvalue weighted by Gasteiger charge is -2.35. The Morgan fingerprint density at radius 1 is 1.28 bits per heavy atom. The Hall–Kier alpha value is -1.29. The van der Waals surface area contributed by atoms with E-state index in [0.29, 0.717) is 6.42 Å². The zero-order valence-electron chi connectivity index (χ0n) is 16.5. The number of nitrogens with zero attached hydrogens (tertiary/aromatic N) is 2. The standard InChI is InChI=1S/C21H37N3O/c1-4-23(5-2)15-8-10-18(3)22-21(25)14-17-24-16-9-12-19-11-6-7-13-20(19)24/h11,13,18H,4-10,12,14-17H2,1-3H3,(H,22,25). The zero-order chi connectivity index (χ0) is 18.1. The molecule has 1 saturated heterocycles. The number of hydrogen-bond donors (Lipinski definition) is 1. The predicted octanol–water partition coefficient (Wildman–Crippen LogP) is 3.70. The van der Waals surface area contributed by atoms with Crippen LogP contribution in [0.25, 0.3) is 0 Å². The Morgan fingerprint density at radius 2 is 2.04 bits per heavy atom. The maximum Gasteiger partial charge on any atom is 0.221 e. The molecule has 0 radical (unpaired) electrons. The van der Waals surface area contributed by atoms with Crippen LogP contribution in [0.3, 0.4) is 0 Å². The zero-order valence-corrected chi connectivity index (χ0v) is 16.5. The highest BCUT2D eigenvalue weighted by Gasteiger charge is 2.21. The highest BCUT2D eigenvalue weighted by molar-refractivity contribution is 5.76. The molecule has 0 aromatic carbocycles. The third-order valence-corrected chi connectivity index (χ3v) is 5.46. The number of nitrogens with one attached hydrogen (secondary N) is 1. The molecule has 2 aliphatic rings. The van der Waals surface area contributed by atoms with Gasteiger partial charge >= 0.3 is 0 Å². The van der Waals surface area contributed by atoms with Gasteiger partial charge in [-0.1, -0.05) is 26.0 Å². The molecule has 25 heavy (non-hydrogen) atoms. The summed E-state index contributed by atoms with van der Waals surface area (Å²) >= 11 is 0. The summed E-state index contributed by atoms with van der Waals surface area (Å²) in [5.74, 6) is 0.197. The van der Waals surface area contributed by atoms with Gasteiger partial charge in [0.15, 0.2) is 0 Å². The largest absolute Gasteiger partial charge is 0.371 e. The number of fused-ring (bicyclic) bond motifs is 1. The first-order valence-corrected chi connectivity index (χ1v) is 10.3. The van der Waals surface area contributed by atoms with Crippen LogP contribution >= 0.6 is 0 Å². The van der Waals surface area contributed by atoms with E-state index in [2.05, 4.69) is 48.0 Å². The van der Waals surface area contributed by atoms with E-state index >= 15 is 0 Å². The molecular weight excluding hydrogens is 310 g/mol. The fraction of sp³-hybridized carbons (Fsp3) is 0.762. The summed E-state index contributed by atoms with van der Waals surface area (Å²) in [6.45, 7) is 11.8. The van der Waals surface area contributed by atoms with Gasteiger partial charge in [0.25, 0.3) is 0 Å². The maximum absolute atomic E-state index is 12.3. The minimum Gasteiger partial charge on any atom is -0.371 e. The Kier molecular flexibility index (Phi) is 8.53. The summed E-state index contributed by atoms with van der Waals surface area (Å²) in [5, 5.41) is 3.18. The van der Waals surface area contributed by atoms with E-state index < -0.39 is 0 Å². The molecule has 1 amide bonds. The monoisotopic (exact) mass is 347 g/mol. The van der Waals surface area contributed by atoms with Crippen molar-refractivity contribution in [1.82, 2.24) is 15.1 Å². The molecule has 1 aliphatic carbocycles. The molecule has 4 heteroatoms. The number of carbonyl (C=O) groups is 1. The Labute approximate surface area is 154 Å². The number of carbonyl (C=O) groups excluding carboxylic acids is 1. The summed E-state index contributed by atoms with van der Waals surface area (Å²) in [6, 6.07) is 0.272. The van der Waals surface area contributed by atoms with Crippen LogP contribution < -0.4 is 5.32 Å². The van der Waals surface area contributed by atoms with Crippen molar-refractivity contribution in [2.24, 2.45) is 0 Å². The smallest absolute Gasteiger partial charge is 0.221 e. The first kappa shape index (κ1) is 20.0. The molecule has 0 saturated carbocycles. The second-order valence-electron chi connectivity index (χ2n) is 7.37. The fourth-order valence-electron chi connectivity index (χ4n) is 3.91. The van der Waals surface area contributed by atoms with Gasteiger partial charge in [0.1, 0.15) is 0 Å². The number of rotatable bonds is 10. The average Bonchev–Trinajstić information content (AvgIpc) is 2.63. The topological polar surface area (TPSA) is 35.6 Å². The van der Waals surface area contributed by atoms with Crippen LogP contribution in [0.5, 0.6) is 0 Å². The fourth-order valence-corrected chi connectivity index (χ4v) is 3.91. The van der Waals surface area contributed by atoms with E-state index in [-0.39, 0.29) is 11.9 Å². The molecule has 0 aromatic heterocycles. The minimum atomic E-state index is 0.197. The van der Waals surface area contributed by atoms with Gasteiger partial charge in [0, 0.05) is 31.2 Å². The molecule has 1 fully saturated rings. The van der Waals surface area contributed by atoms with Crippen molar-refractivity contribution in [1.29, 1.82) is 0 Å². The van der Waals surface area contributed by atoms with Gasteiger partial charge in [-0.2, -0.15) is 0 Å². The van der Waals surface area contributed by atoms with E-state index in [1.807, 2.05) is 0 Å². The quantitative estimate of drug-likeness (QED) is 0.654. The summed E-state index contributed by atoms with van der Waals surface area (Å²) in [6.07, 6.45) is 12.3. The van der Waals surface area contributed by atoms with Crippen LogP contribution in [-0.4, -0.2) is 54.5 Å². The van der Waals surface area contributed by atoms with Gasteiger partial charge in [-0.15, -0.1) is 0 Å².